The Morgan fingerprint density at radius 3 is 2.04 bits per heavy atom. The predicted molar refractivity (Wildman–Crippen MR) is 200 cm³/mol. The molecular weight excluding hydrogens is 626 g/mol. The van der Waals surface area contributed by atoms with Crippen LogP contribution in [0.4, 0.5) is 0 Å². The highest BCUT2D eigenvalue weighted by Crippen LogP contribution is 2.31. The van der Waals surface area contributed by atoms with Crippen LogP contribution in [0.15, 0.2) is 79.0 Å². The lowest BCUT2D eigenvalue weighted by Gasteiger charge is -2.25. The minimum absolute atomic E-state index is 0.0346. The van der Waals surface area contributed by atoms with E-state index in [1.165, 1.54) is 25.7 Å². The van der Waals surface area contributed by atoms with Gasteiger partial charge >= 0.3 is 5.97 Å². The Morgan fingerprint density at radius 1 is 0.800 bits per heavy atom. The molecular formula is C42H53N3O5. The minimum Gasteiger partial charge on any atom is -0.494 e. The summed E-state index contributed by atoms with van der Waals surface area (Å²) in [4.78, 5) is 35.9. The van der Waals surface area contributed by atoms with Gasteiger partial charge in [0.05, 0.1) is 19.3 Å². The van der Waals surface area contributed by atoms with Gasteiger partial charge in [-0.15, -0.1) is 0 Å². The van der Waals surface area contributed by atoms with Gasteiger partial charge in [-0.2, -0.15) is 4.98 Å². The normalized spacial score (nSPS) is 12.2. The van der Waals surface area contributed by atoms with Crippen LogP contribution in [0.1, 0.15) is 102 Å². The van der Waals surface area contributed by atoms with Gasteiger partial charge in [0.25, 0.3) is 5.91 Å². The van der Waals surface area contributed by atoms with Crippen molar-refractivity contribution in [2.24, 2.45) is 0 Å². The summed E-state index contributed by atoms with van der Waals surface area (Å²) in [5, 5.41) is 2.91. The fourth-order valence-electron chi connectivity index (χ4n) is 5.44. The molecule has 50 heavy (non-hydrogen) atoms. The average molecular weight is 680 g/mol. The molecule has 1 aromatic heterocycles. The maximum Gasteiger partial charge on any atom is 0.329 e. The Labute approximate surface area is 298 Å². The van der Waals surface area contributed by atoms with Gasteiger partial charge in [0, 0.05) is 23.7 Å². The number of methoxy groups -OCH3 is 1. The highest BCUT2D eigenvalue weighted by atomic mass is 16.6. The first-order chi connectivity index (χ1) is 23.8. The molecule has 8 nitrogen and oxygen atoms in total. The summed E-state index contributed by atoms with van der Waals surface area (Å²) >= 11 is 0. The summed E-state index contributed by atoms with van der Waals surface area (Å²) < 4.78 is 17.3. The standard InChI is InChI=1S/C42H53N3O5/c1-9-10-11-12-13-26-49-34-24-20-30(21-25-34)35-28-43-37(45-39(35)48-8)31-16-14-29(15-17-31)27-36(40(47)50-42(5,6)7)44-38(46)32-18-22-33(23-19-32)41(2,3)4/h14-25,28,36H,9-13,26-27H2,1-8H3,(H,44,46)/t36-/m0/s1. The van der Waals surface area contributed by atoms with E-state index in [0.29, 0.717) is 23.9 Å². The fourth-order valence-corrected chi connectivity index (χ4v) is 5.44. The number of amides is 1. The molecule has 4 rings (SSSR count). The molecule has 0 aliphatic heterocycles. The number of benzene rings is 3. The van der Waals surface area contributed by atoms with Gasteiger partial charge < -0.3 is 19.5 Å². The van der Waals surface area contributed by atoms with Crippen LogP contribution in [-0.4, -0.2) is 47.2 Å². The van der Waals surface area contributed by atoms with Crippen molar-refractivity contribution in [3.05, 3.63) is 95.7 Å². The number of unbranched alkanes of at least 4 members (excludes halogenated alkanes) is 4. The SMILES string of the molecule is CCCCCCCOc1ccc(-c2cnc(-c3ccc(C[C@H](NC(=O)c4ccc(C(C)(C)C)cc4)C(=O)OC(C)(C)C)cc3)nc2OC)cc1. The van der Waals surface area contributed by atoms with Crippen molar-refractivity contribution in [3.63, 3.8) is 0 Å². The van der Waals surface area contributed by atoms with Crippen molar-refractivity contribution < 1.29 is 23.8 Å². The quantitative estimate of drug-likeness (QED) is 0.0988. The summed E-state index contributed by atoms with van der Waals surface area (Å²) in [6.45, 7) is 14.7. The zero-order valence-electron chi connectivity index (χ0n) is 31.0. The molecule has 0 radical (unpaired) electrons. The van der Waals surface area contributed by atoms with E-state index < -0.39 is 17.6 Å². The topological polar surface area (TPSA) is 99.6 Å². The number of nitrogens with zero attached hydrogens (tertiary/aromatic N) is 2. The Balaban J connectivity index is 1.45. The van der Waals surface area contributed by atoms with Crippen LogP contribution < -0.4 is 14.8 Å². The average Bonchev–Trinajstić information content (AvgIpc) is 3.08. The number of hydrogen-bond acceptors (Lipinski definition) is 7. The molecule has 0 saturated heterocycles. The summed E-state index contributed by atoms with van der Waals surface area (Å²) in [7, 11) is 1.60. The molecule has 0 aliphatic rings. The molecule has 3 aromatic carbocycles. The number of hydrogen-bond donors (Lipinski definition) is 1. The first-order valence-corrected chi connectivity index (χ1v) is 17.6. The summed E-state index contributed by atoms with van der Waals surface area (Å²) in [6, 6.07) is 22.1. The van der Waals surface area contributed by atoms with E-state index in [0.717, 1.165) is 40.0 Å². The maximum atomic E-state index is 13.3. The summed E-state index contributed by atoms with van der Waals surface area (Å²) in [6.07, 6.45) is 8.02. The Morgan fingerprint density at radius 2 is 1.44 bits per heavy atom. The van der Waals surface area contributed by atoms with E-state index in [4.69, 9.17) is 19.2 Å². The smallest absolute Gasteiger partial charge is 0.329 e. The predicted octanol–water partition coefficient (Wildman–Crippen LogP) is 9.15. The molecule has 0 aliphatic carbocycles. The molecule has 0 fully saturated rings. The second-order valence-electron chi connectivity index (χ2n) is 14.7. The second-order valence-corrected chi connectivity index (χ2v) is 14.7. The molecule has 8 heteroatoms. The van der Waals surface area contributed by atoms with Gasteiger partial charge in [-0.25, -0.2) is 9.78 Å². The molecule has 1 amide bonds. The molecule has 0 unspecified atom stereocenters. The number of carbonyl (C=O) groups is 2. The zero-order chi connectivity index (χ0) is 36.3. The van der Waals surface area contributed by atoms with Crippen molar-refractivity contribution in [2.45, 2.75) is 104 Å². The molecule has 266 valence electrons. The van der Waals surface area contributed by atoms with E-state index in [1.54, 1.807) is 25.4 Å². The second kappa shape index (κ2) is 17.3. The van der Waals surface area contributed by atoms with Crippen LogP contribution >= 0.6 is 0 Å². The van der Waals surface area contributed by atoms with Crippen LogP contribution in [-0.2, 0) is 21.4 Å². The first kappa shape index (κ1) is 38.1. The highest BCUT2D eigenvalue weighted by molar-refractivity contribution is 5.97. The third-order valence-corrected chi connectivity index (χ3v) is 8.29. The van der Waals surface area contributed by atoms with Gasteiger partial charge in [-0.05, 0) is 73.6 Å². The van der Waals surface area contributed by atoms with Crippen LogP contribution in [0.3, 0.4) is 0 Å². The largest absolute Gasteiger partial charge is 0.494 e. The molecule has 1 N–H and O–H groups in total. The van der Waals surface area contributed by atoms with E-state index in [1.807, 2.05) is 81.4 Å². The Kier molecular flexibility index (Phi) is 13.2. The van der Waals surface area contributed by atoms with Crippen molar-refractivity contribution in [1.82, 2.24) is 15.3 Å². The van der Waals surface area contributed by atoms with E-state index in [9.17, 15) is 9.59 Å². The summed E-state index contributed by atoms with van der Waals surface area (Å²) in [5.41, 5.74) is 4.21. The van der Waals surface area contributed by atoms with E-state index >= 15 is 0 Å². The Bertz CT molecular complexity index is 1690. The third-order valence-electron chi connectivity index (χ3n) is 8.29. The van der Waals surface area contributed by atoms with Gasteiger partial charge in [-0.1, -0.05) is 102 Å². The molecule has 0 saturated carbocycles. The zero-order valence-corrected chi connectivity index (χ0v) is 31.0. The Hall–Kier alpha value is -4.72. The van der Waals surface area contributed by atoms with Crippen LogP contribution in [0.2, 0.25) is 0 Å². The van der Waals surface area contributed by atoms with Crippen LogP contribution in [0.5, 0.6) is 11.6 Å². The molecule has 1 heterocycles. The van der Waals surface area contributed by atoms with Crippen molar-refractivity contribution in [2.75, 3.05) is 13.7 Å². The third kappa shape index (κ3) is 11.2. The van der Waals surface area contributed by atoms with Gasteiger partial charge in [0.1, 0.15) is 17.4 Å². The van der Waals surface area contributed by atoms with E-state index in [-0.39, 0.29) is 17.7 Å². The lowest BCUT2D eigenvalue weighted by Crippen LogP contribution is -2.45. The molecule has 0 bridgehead atoms. The number of esters is 1. The molecule has 1 atom stereocenters. The van der Waals surface area contributed by atoms with Crippen LogP contribution in [0.25, 0.3) is 22.5 Å². The lowest BCUT2D eigenvalue weighted by molar-refractivity contribution is -0.157. The lowest BCUT2D eigenvalue weighted by atomic mass is 9.86. The summed E-state index contributed by atoms with van der Waals surface area (Å²) in [5.74, 6) is 0.984. The van der Waals surface area contributed by atoms with Crippen LogP contribution in [0, 0.1) is 0 Å². The van der Waals surface area contributed by atoms with Crippen molar-refractivity contribution in [3.8, 4) is 34.1 Å². The van der Waals surface area contributed by atoms with Gasteiger partial charge in [0.2, 0.25) is 5.88 Å². The van der Waals surface area contributed by atoms with Gasteiger partial charge in [0.15, 0.2) is 5.82 Å². The first-order valence-electron chi connectivity index (χ1n) is 17.6. The van der Waals surface area contributed by atoms with Crippen molar-refractivity contribution >= 4 is 11.9 Å². The number of rotatable bonds is 15. The van der Waals surface area contributed by atoms with Crippen molar-refractivity contribution in [1.29, 1.82) is 0 Å². The number of ether oxygens (including phenoxy) is 3. The minimum atomic E-state index is -0.881. The highest BCUT2D eigenvalue weighted by Gasteiger charge is 2.28. The fraction of sp³-hybridized carbons (Fsp3) is 0.429. The van der Waals surface area contributed by atoms with Gasteiger partial charge in [-0.3, -0.25) is 4.79 Å². The number of carbonyl (C=O) groups excluding carboxylic acids is 2. The van der Waals surface area contributed by atoms with E-state index in [2.05, 4.69) is 38.0 Å². The molecule has 0 spiro atoms. The number of nitrogens with one attached hydrogen (secondary N) is 1. The molecule has 4 aromatic rings. The monoisotopic (exact) mass is 679 g/mol. The number of aromatic nitrogens is 2. The maximum absolute atomic E-state index is 13.3.